The van der Waals surface area contributed by atoms with Gasteiger partial charge in [0, 0.05) is 6.04 Å². The molecule has 4 rings (SSSR count). The summed E-state index contributed by atoms with van der Waals surface area (Å²) in [6.45, 7) is 2.75. The fourth-order valence-electron chi connectivity index (χ4n) is 4.36. The molecule has 1 saturated heterocycles. The zero-order valence-corrected chi connectivity index (χ0v) is 17.8. The minimum atomic E-state index is -3.58. The summed E-state index contributed by atoms with van der Waals surface area (Å²) in [7, 11) is -7.15. The molecule has 0 unspecified atom stereocenters. The van der Waals surface area contributed by atoms with Crippen LogP contribution in [-0.2, 0) is 20.0 Å². The summed E-state index contributed by atoms with van der Waals surface area (Å²) in [6, 6.07) is 6.31. The molecule has 0 spiro atoms. The van der Waals surface area contributed by atoms with E-state index in [1.807, 2.05) is 0 Å². The molecular weight excluding hydrogens is 398 g/mol. The van der Waals surface area contributed by atoms with Gasteiger partial charge in [-0.15, -0.1) is 0 Å². The Morgan fingerprint density at radius 3 is 1.96 bits per heavy atom. The molecule has 0 atom stereocenters. The van der Waals surface area contributed by atoms with Crippen molar-refractivity contribution in [3.8, 4) is 0 Å². The minimum absolute atomic E-state index is 0.0244. The molecule has 1 heterocycles. The number of rotatable bonds is 6. The first kappa shape index (κ1) is 20.3. The van der Waals surface area contributed by atoms with Crippen LogP contribution < -0.4 is 9.62 Å². The van der Waals surface area contributed by atoms with Crippen LogP contribution in [0, 0.1) is 0 Å². The molecule has 2 aliphatic carbocycles. The number of quaternary nitrogens is 1. The highest BCUT2D eigenvalue weighted by Crippen LogP contribution is 2.23. The van der Waals surface area contributed by atoms with Crippen molar-refractivity contribution in [2.24, 2.45) is 0 Å². The molecule has 2 saturated carbocycles. The SMILES string of the molecule is O=S(=O)(NC1CC1)c1ccc(S(=O)(=O)N2CC[NH+](C3CCCCC3)CC2)cc1. The van der Waals surface area contributed by atoms with Crippen molar-refractivity contribution in [2.75, 3.05) is 26.2 Å². The highest BCUT2D eigenvalue weighted by Gasteiger charge is 2.34. The van der Waals surface area contributed by atoms with Crippen molar-refractivity contribution in [3.05, 3.63) is 24.3 Å². The topological polar surface area (TPSA) is 88.0 Å². The van der Waals surface area contributed by atoms with Crippen molar-refractivity contribution in [1.29, 1.82) is 0 Å². The number of nitrogens with one attached hydrogen (secondary N) is 2. The fraction of sp³-hybridized carbons (Fsp3) is 0.684. The maximum absolute atomic E-state index is 13.0. The second-order valence-corrected chi connectivity index (χ2v) is 11.9. The lowest BCUT2D eigenvalue weighted by molar-refractivity contribution is -0.930. The summed E-state index contributed by atoms with van der Waals surface area (Å²) in [4.78, 5) is 1.82. The Kier molecular flexibility index (Phi) is 5.81. The van der Waals surface area contributed by atoms with Gasteiger partial charge in [0.15, 0.2) is 0 Å². The van der Waals surface area contributed by atoms with Gasteiger partial charge in [-0.1, -0.05) is 6.42 Å². The van der Waals surface area contributed by atoms with E-state index in [1.54, 1.807) is 9.21 Å². The predicted octanol–water partition coefficient (Wildman–Crippen LogP) is 0.349. The summed E-state index contributed by atoms with van der Waals surface area (Å²) in [5, 5.41) is 0. The van der Waals surface area contributed by atoms with Gasteiger partial charge in [0.2, 0.25) is 20.0 Å². The first-order chi connectivity index (χ1) is 13.4. The number of nitrogens with zero attached hydrogens (tertiary/aromatic N) is 1. The van der Waals surface area contributed by atoms with Crippen molar-refractivity contribution < 1.29 is 21.7 Å². The van der Waals surface area contributed by atoms with Crippen LogP contribution in [0.15, 0.2) is 34.1 Å². The van der Waals surface area contributed by atoms with Crippen LogP contribution >= 0.6 is 0 Å². The average Bonchev–Trinajstić information content (AvgIpc) is 3.52. The van der Waals surface area contributed by atoms with E-state index < -0.39 is 20.0 Å². The molecule has 7 nitrogen and oxygen atoms in total. The third-order valence-electron chi connectivity index (χ3n) is 6.22. The van der Waals surface area contributed by atoms with Crippen molar-refractivity contribution in [2.45, 2.75) is 66.8 Å². The van der Waals surface area contributed by atoms with E-state index in [1.165, 1.54) is 56.4 Å². The Morgan fingerprint density at radius 1 is 0.821 bits per heavy atom. The van der Waals surface area contributed by atoms with Crippen LogP contribution in [-0.4, -0.2) is 59.4 Å². The van der Waals surface area contributed by atoms with E-state index in [-0.39, 0.29) is 15.8 Å². The third-order valence-corrected chi connectivity index (χ3v) is 9.67. The van der Waals surface area contributed by atoms with E-state index >= 15 is 0 Å². The first-order valence-electron chi connectivity index (χ1n) is 10.3. The Hall–Kier alpha value is -1.00. The fourth-order valence-corrected chi connectivity index (χ4v) is 7.11. The molecule has 1 aromatic rings. The second kappa shape index (κ2) is 8.02. The largest absolute Gasteiger partial charge is 0.330 e. The monoisotopic (exact) mass is 428 g/mol. The molecule has 1 aromatic carbocycles. The zero-order chi connectivity index (χ0) is 19.8. The lowest BCUT2D eigenvalue weighted by Crippen LogP contribution is -3.18. The third kappa shape index (κ3) is 4.43. The van der Waals surface area contributed by atoms with Gasteiger partial charge in [-0.05, 0) is 62.8 Å². The lowest BCUT2D eigenvalue weighted by atomic mass is 9.94. The van der Waals surface area contributed by atoms with Gasteiger partial charge in [0.25, 0.3) is 0 Å². The Bertz CT molecular complexity index is 882. The Balaban J connectivity index is 1.40. The van der Waals surface area contributed by atoms with Crippen molar-refractivity contribution >= 4 is 20.0 Å². The summed E-state index contributed by atoms with van der Waals surface area (Å²) >= 11 is 0. The van der Waals surface area contributed by atoms with Crippen molar-refractivity contribution in [1.82, 2.24) is 9.03 Å². The average molecular weight is 429 g/mol. The maximum atomic E-state index is 13.0. The first-order valence-corrected chi connectivity index (χ1v) is 13.3. The summed E-state index contributed by atoms with van der Waals surface area (Å²) in [5.74, 6) is 0. The normalized spacial score (nSPS) is 23.7. The van der Waals surface area contributed by atoms with Crippen molar-refractivity contribution in [3.63, 3.8) is 0 Å². The lowest BCUT2D eigenvalue weighted by Gasteiger charge is -2.37. The molecule has 1 aliphatic heterocycles. The van der Waals surface area contributed by atoms with Gasteiger partial charge < -0.3 is 4.90 Å². The van der Waals surface area contributed by atoms with Crippen LogP contribution in [0.4, 0.5) is 0 Å². The molecule has 156 valence electrons. The molecule has 0 aromatic heterocycles. The van der Waals surface area contributed by atoms with Crippen LogP contribution in [0.3, 0.4) is 0 Å². The number of hydrogen-bond acceptors (Lipinski definition) is 4. The molecule has 0 amide bonds. The molecule has 3 fully saturated rings. The standard InChI is InChI=1S/C19H29N3O4S2/c23-27(24,20-16-6-7-16)18-8-10-19(11-9-18)28(25,26)22-14-12-21(13-15-22)17-4-2-1-3-5-17/h8-11,16-17,20H,1-7,12-15H2/p+1. The molecular formula is C19H30N3O4S2+. The minimum Gasteiger partial charge on any atom is -0.330 e. The summed E-state index contributed by atoms with van der Waals surface area (Å²) in [5.41, 5.74) is 0. The molecule has 9 heteroatoms. The number of sulfonamides is 2. The van der Waals surface area contributed by atoms with E-state index in [9.17, 15) is 16.8 Å². The quantitative estimate of drug-likeness (QED) is 0.684. The summed E-state index contributed by atoms with van der Waals surface area (Å²) < 4.78 is 54.6. The predicted molar refractivity (Wildman–Crippen MR) is 106 cm³/mol. The number of benzene rings is 1. The molecule has 0 radical (unpaired) electrons. The molecule has 2 N–H and O–H groups in total. The van der Waals surface area contributed by atoms with E-state index in [4.69, 9.17) is 0 Å². The van der Waals surface area contributed by atoms with Crippen LogP contribution in [0.5, 0.6) is 0 Å². The van der Waals surface area contributed by atoms with Crippen LogP contribution in [0.25, 0.3) is 0 Å². The smallest absolute Gasteiger partial charge is 0.243 e. The van der Waals surface area contributed by atoms with Gasteiger partial charge in [-0.3, -0.25) is 0 Å². The molecule has 3 aliphatic rings. The highest BCUT2D eigenvalue weighted by atomic mass is 32.2. The van der Waals surface area contributed by atoms with Gasteiger partial charge in [0.05, 0.1) is 42.0 Å². The van der Waals surface area contributed by atoms with E-state index in [2.05, 4.69) is 4.72 Å². The van der Waals surface area contributed by atoms with Crippen LogP contribution in [0.1, 0.15) is 44.9 Å². The van der Waals surface area contributed by atoms with E-state index in [0.717, 1.165) is 25.9 Å². The highest BCUT2D eigenvalue weighted by molar-refractivity contribution is 7.89. The van der Waals surface area contributed by atoms with E-state index in [0.29, 0.717) is 19.1 Å². The Morgan fingerprint density at radius 2 is 1.39 bits per heavy atom. The molecule has 0 bridgehead atoms. The summed E-state index contributed by atoms with van der Waals surface area (Å²) in [6.07, 6.45) is 8.15. The Labute approximate surface area is 168 Å². The second-order valence-electron chi connectivity index (χ2n) is 8.26. The van der Waals surface area contributed by atoms with Gasteiger partial charge in [-0.2, -0.15) is 4.31 Å². The van der Waals surface area contributed by atoms with Gasteiger partial charge in [-0.25, -0.2) is 21.6 Å². The van der Waals surface area contributed by atoms with Crippen LogP contribution in [0.2, 0.25) is 0 Å². The number of hydrogen-bond donors (Lipinski definition) is 2. The zero-order valence-electron chi connectivity index (χ0n) is 16.1. The maximum Gasteiger partial charge on any atom is 0.243 e. The van der Waals surface area contributed by atoms with Gasteiger partial charge in [0.1, 0.15) is 0 Å². The number of piperazine rings is 1. The molecule has 28 heavy (non-hydrogen) atoms. The van der Waals surface area contributed by atoms with Gasteiger partial charge >= 0.3 is 0 Å².